The van der Waals surface area contributed by atoms with E-state index in [4.69, 9.17) is 16.3 Å². The maximum absolute atomic E-state index is 15.5. The quantitative estimate of drug-likeness (QED) is 0.336. The van der Waals surface area contributed by atoms with Gasteiger partial charge in [0.2, 0.25) is 0 Å². The van der Waals surface area contributed by atoms with Crippen molar-refractivity contribution >= 4 is 40.2 Å². The standard InChI is InChI=1S/C26H29ClFN3O3S/c1-34-18-6-8-23-19(14-18)25(21(27)15-30-23)22(28)7-5-17-9-11-31(16-20(17)26(32)33)12-13-35-24-4-2-3-10-29-24/h2-4,6,8,10,14-15,17,20,22H,5,7,9,11-13,16H2,1H3,(H,32,33)/t17-,20+,22-/m0/s1. The summed E-state index contributed by atoms with van der Waals surface area (Å²) in [5, 5.41) is 11.7. The predicted molar refractivity (Wildman–Crippen MR) is 137 cm³/mol. The number of carbonyl (C=O) groups is 1. The fraction of sp³-hybridized carbons (Fsp3) is 0.423. The first kappa shape index (κ1) is 25.7. The minimum Gasteiger partial charge on any atom is -0.497 e. The Labute approximate surface area is 213 Å². The molecule has 0 radical (unpaired) electrons. The third kappa shape index (κ3) is 6.42. The molecule has 1 aromatic carbocycles. The molecule has 2 aromatic heterocycles. The molecule has 6 nitrogen and oxygen atoms in total. The predicted octanol–water partition coefficient (Wildman–Crippen LogP) is 5.90. The first-order chi connectivity index (χ1) is 17.0. The number of ether oxygens (including phenoxy) is 1. The lowest BCUT2D eigenvalue weighted by molar-refractivity contribution is -0.146. The third-order valence-corrected chi connectivity index (χ3v) is 7.85. The van der Waals surface area contributed by atoms with Gasteiger partial charge in [-0.1, -0.05) is 17.7 Å². The van der Waals surface area contributed by atoms with Crippen LogP contribution >= 0.6 is 23.4 Å². The molecule has 1 saturated heterocycles. The van der Waals surface area contributed by atoms with E-state index in [-0.39, 0.29) is 17.4 Å². The number of benzene rings is 1. The van der Waals surface area contributed by atoms with E-state index >= 15 is 4.39 Å². The number of carboxylic acid groups (broad SMARTS) is 1. The first-order valence-electron chi connectivity index (χ1n) is 11.7. The Morgan fingerprint density at radius 3 is 2.94 bits per heavy atom. The van der Waals surface area contributed by atoms with Gasteiger partial charge >= 0.3 is 5.97 Å². The van der Waals surface area contributed by atoms with Crippen molar-refractivity contribution in [1.82, 2.24) is 14.9 Å². The molecule has 1 N–H and O–H groups in total. The molecule has 0 unspecified atom stereocenters. The summed E-state index contributed by atoms with van der Waals surface area (Å²) in [5.74, 6) is 0.0454. The Hall–Kier alpha value is -2.42. The van der Waals surface area contributed by atoms with Gasteiger partial charge in [0.15, 0.2) is 0 Å². The highest BCUT2D eigenvalue weighted by Crippen LogP contribution is 2.38. The Morgan fingerprint density at radius 2 is 2.20 bits per heavy atom. The number of aromatic nitrogens is 2. The SMILES string of the molecule is COc1ccc2ncc(Cl)c([C@@H](F)CC[C@H]3CCN(CCSc4ccccn4)C[C@H]3C(=O)O)c2c1. The number of piperidine rings is 1. The van der Waals surface area contributed by atoms with Crippen LogP contribution in [0.25, 0.3) is 10.9 Å². The molecule has 1 fully saturated rings. The van der Waals surface area contributed by atoms with Crippen molar-refractivity contribution in [3.63, 3.8) is 0 Å². The molecule has 186 valence electrons. The first-order valence-corrected chi connectivity index (χ1v) is 13.1. The zero-order valence-corrected chi connectivity index (χ0v) is 21.1. The van der Waals surface area contributed by atoms with E-state index in [1.165, 1.54) is 6.20 Å². The highest BCUT2D eigenvalue weighted by Gasteiger charge is 2.34. The summed E-state index contributed by atoms with van der Waals surface area (Å²) in [6.07, 6.45) is 3.35. The van der Waals surface area contributed by atoms with Gasteiger partial charge in [0.05, 0.1) is 28.6 Å². The molecule has 1 aliphatic rings. The number of carboxylic acids is 1. The second-order valence-electron chi connectivity index (χ2n) is 8.76. The van der Waals surface area contributed by atoms with Crippen LogP contribution in [0.3, 0.4) is 0 Å². The van der Waals surface area contributed by atoms with E-state index in [0.717, 1.165) is 30.3 Å². The molecular weight excluding hydrogens is 489 g/mol. The van der Waals surface area contributed by atoms with Gasteiger partial charge in [-0.3, -0.25) is 9.78 Å². The summed E-state index contributed by atoms with van der Waals surface area (Å²) in [6.45, 7) is 2.09. The highest BCUT2D eigenvalue weighted by molar-refractivity contribution is 7.99. The van der Waals surface area contributed by atoms with E-state index in [9.17, 15) is 9.90 Å². The molecule has 3 aromatic rings. The summed E-state index contributed by atoms with van der Waals surface area (Å²) >= 11 is 8.02. The van der Waals surface area contributed by atoms with Gasteiger partial charge in [-0.15, -0.1) is 11.8 Å². The minimum atomic E-state index is -1.32. The topological polar surface area (TPSA) is 75.5 Å². The number of halogens is 2. The van der Waals surface area contributed by atoms with Crippen LogP contribution in [0, 0.1) is 11.8 Å². The largest absolute Gasteiger partial charge is 0.497 e. The lowest BCUT2D eigenvalue weighted by Gasteiger charge is -2.36. The van der Waals surface area contributed by atoms with Crippen LogP contribution in [0.2, 0.25) is 5.02 Å². The smallest absolute Gasteiger partial charge is 0.308 e. The zero-order valence-electron chi connectivity index (χ0n) is 19.6. The number of thioether (sulfide) groups is 1. The normalized spacial score (nSPS) is 19.5. The summed E-state index contributed by atoms with van der Waals surface area (Å²) in [7, 11) is 1.56. The fourth-order valence-electron chi connectivity index (χ4n) is 4.73. The molecule has 0 bridgehead atoms. The number of pyridine rings is 2. The molecule has 0 aliphatic carbocycles. The molecule has 1 aliphatic heterocycles. The molecule has 3 heterocycles. The number of rotatable bonds is 10. The molecule has 3 atom stereocenters. The molecule has 0 saturated carbocycles. The van der Waals surface area contributed by atoms with E-state index in [2.05, 4.69) is 14.9 Å². The summed E-state index contributed by atoms with van der Waals surface area (Å²) in [5.41, 5.74) is 1.04. The average Bonchev–Trinajstić information content (AvgIpc) is 2.87. The monoisotopic (exact) mass is 517 g/mol. The highest BCUT2D eigenvalue weighted by atomic mass is 35.5. The Morgan fingerprint density at radius 1 is 1.34 bits per heavy atom. The number of nitrogens with zero attached hydrogens (tertiary/aromatic N) is 3. The van der Waals surface area contributed by atoms with E-state index in [1.807, 2.05) is 18.2 Å². The van der Waals surface area contributed by atoms with Gasteiger partial charge in [0, 0.05) is 42.2 Å². The lowest BCUT2D eigenvalue weighted by atomic mass is 9.81. The van der Waals surface area contributed by atoms with E-state index in [0.29, 0.717) is 35.2 Å². The number of likely N-dealkylation sites (tertiary alicyclic amines) is 1. The van der Waals surface area contributed by atoms with Crippen LogP contribution in [0.15, 0.2) is 53.8 Å². The lowest BCUT2D eigenvalue weighted by Crippen LogP contribution is -2.44. The van der Waals surface area contributed by atoms with Crippen molar-refractivity contribution in [2.24, 2.45) is 11.8 Å². The number of fused-ring (bicyclic) bond motifs is 1. The molecule has 0 amide bonds. The second kappa shape index (κ2) is 12.0. The van der Waals surface area contributed by atoms with Crippen LogP contribution in [0.1, 0.15) is 31.0 Å². The number of hydrogen-bond donors (Lipinski definition) is 1. The van der Waals surface area contributed by atoms with Crippen molar-refractivity contribution in [3.8, 4) is 5.75 Å². The van der Waals surface area contributed by atoms with Crippen LogP contribution in [-0.2, 0) is 4.79 Å². The van der Waals surface area contributed by atoms with Gasteiger partial charge in [-0.05, 0) is 62.1 Å². The van der Waals surface area contributed by atoms with E-state index < -0.39 is 18.1 Å². The molecule has 35 heavy (non-hydrogen) atoms. The molecule has 4 rings (SSSR count). The van der Waals surface area contributed by atoms with Crippen molar-refractivity contribution in [2.75, 3.05) is 32.5 Å². The van der Waals surface area contributed by atoms with Gasteiger partial charge in [-0.25, -0.2) is 9.37 Å². The maximum atomic E-state index is 15.5. The third-order valence-electron chi connectivity index (χ3n) is 6.62. The Balaban J connectivity index is 1.37. The fourth-order valence-corrected chi connectivity index (χ4v) is 5.86. The number of hydrogen-bond acceptors (Lipinski definition) is 6. The molecule has 0 spiro atoms. The number of aliphatic carboxylic acids is 1. The average molecular weight is 518 g/mol. The summed E-state index contributed by atoms with van der Waals surface area (Å²) in [6, 6.07) is 11.1. The Bertz CT molecular complexity index is 1150. The van der Waals surface area contributed by atoms with Crippen molar-refractivity contribution < 1.29 is 19.0 Å². The van der Waals surface area contributed by atoms with Gasteiger partial charge < -0.3 is 14.7 Å². The van der Waals surface area contributed by atoms with E-state index in [1.54, 1.807) is 43.3 Å². The van der Waals surface area contributed by atoms with Crippen molar-refractivity contribution in [2.45, 2.75) is 30.5 Å². The van der Waals surface area contributed by atoms with Crippen LogP contribution in [-0.4, -0.2) is 58.4 Å². The zero-order chi connectivity index (χ0) is 24.8. The van der Waals surface area contributed by atoms with Crippen LogP contribution < -0.4 is 4.74 Å². The van der Waals surface area contributed by atoms with Gasteiger partial charge in [0.25, 0.3) is 0 Å². The van der Waals surface area contributed by atoms with Crippen molar-refractivity contribution in [1.29, 1.82) is 0 Å². The second-order valence-corrected chi connectivity index (χ2v) is 10.3. The maximum Gasteiger partial charge on any atom is 0.308 e. The molecule has 9 heteroatoms. The van der Waals surface area contributed by atoms with Crippen LogP contribution in [0.4, 0.5) is 4.39 Å². The summed E-state index contributed by atoms with van der Waals surface area (Å²) < 4.78 is 20.8. The number of alkyl halides is 1. The van der Waals surface area contributed by atoms with Crippen LogP contribution in [0.5, 0.6) is 5.75 Å². The minimum absolute atomic E-state index is 0.0770. The molecular formula is C26H29ClFN3O3S. The Kier molecular flexibility index (Phi) is 8.81. The van der Waals surface area contributed by atoms with Gasteiger partial charge in [0.1, 0.15) is 11.9 Å². The number of methoxy groups -OCH3 is 1. The van der Waals surface area contributed by atoms with Gasteiger partial charge in [-0.2, -0.15) is 0 Å². The summed E-state index contributed by atoms with van der Waals surface area (Å²) in [4.78, 5) is 22.8. The van der Waals surface area contributed by atoms with Crippen molar-refractivity contribution in [3.05, 3.63) is 59.4 Å².